The highest BCUT2D eigenvalue weighted by atomic mass is 79.9. The van der Waals surface area contributed by atoms with E-state index >= 15 is 0 Å². The van der Waals surface area contributed by atoms with Crippen LogP contribution >= 0.6 is 27.7 Å². The summed E-state index contributed by atoms with van der Waals surface area (Å²) in [5.41, 5.74) is 4.68. The number of amides is 1. The van der Waals surface area contributed by atoms with Crippen LogP contribution in [0.5, 0.6) is 11.5 Å². The van der Waals surface area contributed by atoms with E-state index in [-0.39, 0.29) is 17.4 Å². The number of phenols is 1. The molecule has 2 N–H and O–H groups in total. The zero-order chi connectivity index (χ0) is 23.9. The van der Waals surface area contributed by atoms with Crippen LogP contribution in [-0.2, 0) is 4.79 Å². The molecule has 0 atom stereocenters. The van der Waals surface area contributed by atoms with Gasteiger partial charge in [0.1, 0.15) is 0 Å². The Morgan fingerprint density at radius 1 is 1.12 bits per heavy atom. The topological polar surface area (TPSA) is 102 Å². The monoisotopic (exact) mass is 537 g/mol. The van der Waals surface area contributed by atoms with E-state index in [1.54, 1.807) is 18.2 Å². The summed E-state index contributed by atoms with van der Waals surface area (Å²) in [4.78, 5) is 12.4. The number of hydrazone groups is 1. The number of para-hydroxylation sites is 2. The molecule has 1 heterocycles. The highest BCUT2D eigenvalue weighted by molar-refractivity contribution is 9.10. The minimum Gasteiger partial charge on any atom is -0.504 e. The van der Waals surface area contributed by atoms with Crippen molar-refractivity contribution in [1.29, 1.82) is 0 Å². The Labute approximate surface area is 208 Å². The summed E-state index contributed by atoms with van der Waals surface area (Å²) in [5, 5.41) is 23.3. The van der Waals surface area contributed by atoms with Crippen LogP contribution in [0, 0.1) is 0 Å². The number of carbonyl (C=O) groups excluding carboxylic acids is 1. The number of aromatic hydroxyl groups is 1. The Morgan fingerprint density at radius 3 is 2.62 bits per heavy atom. The van der Waals surface area contributed by atoms with E-state index in [1.165, 1.54) is 25.1 Å². The number of nitrogens with one attached hydrogen (secondary N) is 1. The SMILES string of the molecule is COc1cccc(/C=N\NC(=O)CSc2nnc(-c3ccc(Br)cc3)n2-c2ccccc2)c1O. The highest BCUT2D eigenvalue weighted by Gasteiger charge is 2.17. The molecule has 0 saturated heterocycles. The van der Waals surface area contributed by atoms with E-state index in [9.17, 15) is 9.90 Å². The molecule has 4 aromatic rings. The van der Waals surface area contributed by atoms with Gasteiger partial charge in [-0.05, 0) is 36.4 Å². The fourth-order valence-electron chi connectivity index (χ4n) is 3.10. The standard InChI is InChI=1S/C24H20BrN5O3S/c1-33-20-9-5-6-17(22(20)32)14-26-27-21(31)15-34-24-29-28-23(16-10-12-18(25)13-11-16)30(24)19-7-3-2-4-8-19/h2-14,32H,15H2,1H3,(H,27,31)/b26-14-. The Hall–Kier alpha value is -3.63. The Kier molecular flexibility index (Phi) is 7.61. The van der Waals surface area contributed by atoms with Crippen molar-refractivity contribution in [3.8, 4) is 28.6 Å². The number of halogens is 1. The van der Waals surface area contributed by atoms with Gasteiger partial charge in [0.05, 0.1) is 19.1 Å². The van der Waals surface area contributed by atoms with Crippen LogP contribution in [0.25, 0.3) is 17.1 Å². The summed E-state index contributed by atoms with van der Waals surface area (Å²) in [5.74, 6) is 0.707. The first-order chi connectivity index (χ1) is 16.6. The van der Waals surface area contributed by atoms with E-state index in [4.69, 9.17) is 4.74 Å². The molecular formula is C24H20BrN5O3S. The summed E-state index contributed by atoms with van der Waals surface area (Å²) in [6.45, 7) is 0. The molecule has 0 saturated carbocycles. The first-order valence-electron chi connectivity index (χ1n) is 10.1. The third kappa shape index (κ3) is 5.46. The average molecular weight is 538 g/mol. The van der Waals surface area contributed by atoms with Crippen molar-refractivity contribution >= 4 is 39.8 Å². The van der Waals surface area contributed by atoms with Crippen molar-refractivity contribution in [2.45, 2.75) is 5.16 Å². The molecule has 3 aromatic carbocycles. The molecule has 0 bridgehead atoms. The van der Waals surface area contributed by atoms with Gasteiger partial charge in [-0.15, -0.1) is 10.2 Å². The Bertz CT molecular complexity index is 1310. The minimum absolute atomic E-state index is 0.0474. The number of benzene rings is 3. The van der Waals surface area contributed by atoms with Crippen molar-refractivity contribution < 1.29 is 14.6 Å². The Morgan fingerprint density at radius 2 is 1.88 bits per heavy atom. The first kappa shape index (κ1) is 23.5. The maximum Gasteiger partial charge on any atom is 0.250 e. The molecule has 0 spiro atoms. The Balaban J connectivity index is 1.48. The van der Waals surface area contributed by atoms with Crippen molar-refractivity contribution in [3.05, 3.63) is 82.8 Å². The summed E-state index contributed by atoms with van der Waals surface area (Å²) in [7, 11) is 1.46. The lowest BCUT2D eigenvalue weighted by molar-refractivity contribution is -0.118. The fraction of sp³-hybridized carbons (Fsp3) is 0.0833. The van der Waals surface area contributed by atoms with Gasteiger partial charge in [0.2, 0.25) is 0 Å². The molecule has 0 aliphatic heterocycles. The quantitative estimate of drug-likeness (QED) is 0.192. The van der Waals surface area contributed by atoms with E-state index in [1.807, 2.05) is 59.2 Å². The maximum absolute atomic E-state index is 12.4. The maximum atomic E-state index is 12.4. The number of hydrogen-bond acceptors (Lipinski definition) is 7. The fourth-order valence-corrected chi connectivity index (χ4v) is 4.11. The van der Waals surface area contributed by atoms with Crippen molar-refractivity contribution in [1.82, 2.24) is 20.2 Å². The van der Waals surface area contributed by atoms with Crippen molar-refractivity contribution in [2.75, 3.05) is 12.9 Å². The van der Waals surface area contributed by atoms with Crippen molar-refractivity contribution in [3.63, 3.8) is 0 Å². The molecule has 10 heteroatoms. The molecule has 0 aliphatic rings. The number of hydrogen-bond donors (Lipinski definition) is 2. The van der Waals surface area contributed by atoms with Gasteiger partial charge in [0.15, 0.2) is 22.5 Å². The van der Waals surface area contributed by atoms with Gasteiger partial charge < -0.3 is 9.84 Å². The zero-order valence-electron chi connectivity index (χ0n) is 18.1. The molecule has 4 rings (SSSR count). The first-order valence-corrected chi connectivity index (χ1v) is 11.9. The normalized spacial score (nSPS) is 11.0. The second kappa shape index (κ2) is 11.0. The second-order valence-corrected chi connectivity index (χ2v) is 8.82. The van der Waals surface area contributed by atoms with Gasteiger partial charge >= 0.3 is 0 Å². The highest BCUT2D eigenvalue weighted by Crippen LogP contribution is 2.29. The molecule has 0 unspecified atom stereocenters. The summed E-state index contributed by atoms with van der Waals surface area (Å²) in [6, 6.07) is 22.5. The van der Waals surface area contributed by atoms with Gasteiger partial charge in [-0.25, -0.2) is 5.43 Å². The molecule has 0 fully saturated rings. The number of nitrogens with zero attached hydrogens (tertiary/aromatic N) is 4. The smallest absolute Gasteiger partial charge is 0.250 e. The van der Waals surface area contributed by atoms with E-state index < -0.39 is 0 Å². The zero-order valence-corrected chi connectivity index (χ0v) is 20.5. The number of ether oxygens (including phenoxy) is 1. The van der Waals surface area contributed by atoms with E-state index in [0.29, 0.717) is 22.3 Å². The van der Waals surface area contributed by atoms with Gasteiger partial charge in [-0.3, -0.25) is 9.36 Å². The molecule has 172 valence electrons. The third-order valence-corrected chi connectivity index (χ3v) is 6.18. The molecule has 1 aromatic heterocycles. The van der Waals surface area contributed by atoms with Gasteiger partial charge in [-0.2, -0.15) is 5.10 Å². The number of methoxy groups -OCH3 is 1. The van der Waals surface area contributed by atoms with Crippen LogP contribution in [-0.4, -0.2) is 44.9 Å². The predicted octanol–water partition coefficient (Wildman–Crippen LogP) is 4.65. The molecule has 0 aliphatic carbocycles. The van der Waals surface area contributed by atoms with Crippen LogP contribution in [0.3, 0.4) is 0 Å². The number of carbonyl (C=O) groups is 1. The average Bonchev–Trinajstić information content (AvgIpc) is 3.29. The van der Waals surface area contributed by atoms with Gasteiger partial charge in [0, 0.05) is 21.3 Å². The van der Waals surface area contributed by atoms with Crippen LogP contribution in [0.4, 0.5) is 0 Å². The lowest BCUT2D eigenvalue weighted by atomic mass is 10.2. The summed E-state index contributed by atoms with van der Waals surface area (Å²) in [6.07, 6.45) is 1.36. The lowest BCUT2D eigenvalue weighted by Crippen LogP contribution is -2.20. The van der Waals surface area contributed by atoms with Crippen LogP contribution in [0.1, 0.15) is 5.56 Å². The molecule has 8 nitrogen and oxygen atoms in total. The van der Waals surface area contributed by atoms with Gasteiger partial charge in [0.25, 0.3) is 5.91 Å². The molecule has 1 amide bonds. The number of thioether (sulfide) groups is 1. The van der Waals surface area contributed by atoms with Gasteiger partial charge in [-0.1, -0.05) is 64.1 Å². The molecule has 0 radical (unpaired) electrons. The number of phenolic OH excluding ortho intramolecular Hbond substituents is 1. The van der Waals surface area contributed by atoms with Crippen LogP contribution in [0.15, 0.2) is 87.5 Å². The van der Waals surface area contributed by atoms with E-state index in [0.717, 1.165) is 15.7 Å². The second-order valence-electron chi connectivity index (χ2n) is 6.96. The largest absolute Gasteiger partial charge is 0.504 e. The van der Waals surface area contributed by atoms with Crippen LogP contribution in [0.2, 0.25) is 0 Å². The minimum atomic E-state index is -0.323. The number of rotatable bonds is 8. The molecule has 34 heavy (non-hydrogen) atoms. The van der Waals surface area contributed by atoms with Crippen LogP contribution < -0.4 is 10.2 Å². The lowest BCUT2D eigenvalue weighted by Gasteiger charge is -2.10. The van der Waals surface area contributed by atoms with Crippen molar-refractivity contribution in [2.24, 2.45) is 5.10 Å². The van der Waals surface area contributed by atoms with E-state index in [2.05, 4.69) is 36.7 Å². The third-order valence-electron chi connectivity index (χ3n) is 4.73. The summed E-state index contributed by atoms with van der Waals surface area (Å²) >= 11 is 4.70. The molecular weight excluding hydrogens is 518 g/mol. The summed E-state index contributed by atoms with van der Waals surface area (Å²) < 4.78 is 7.95. The predicted molar refractivity (Wildman–Crippen MR) is 136 cm³/mol. The number of aromatic nitrogens is 3.